The van der Waals surface area contributed by atoms with Crippen molar-refractivity contribution in [2.45, 2.75) is 26.5 Å². The zero-order chi connectivity index (χ0) is 13.4. The van der Waals surface area contributed by atoms with Crippen molar-refractivity contribution < 1.29 is 4.74 Å². The minimum Gasteiger partial charge on any atom is -0.487 e. The SMILES string of the molecule is Cc1ccc2c(c1)OC(C)CN2Cc1cnnn1C. The number of hydrogen-bond acceptors (Lipinski definition) is 4. The maximum absolute atomic E-state index is 5.91. The van der Waals surface area contributed by atoms with E-state index in [1.807, 2.05) is 17.9 Å². The zero-order valence-corrected chi connectivity index (χ0v) is 11.5. The van der Waals surface area contributed by atoms with Crippen molar-refractivity contribution in [2.75, 3.05) is 11.4 Å². The number of hydrogen-bond donors (Lipinski definition) is 0. The molecule has 0 saturated carbocycles. The summed E-state index contributed by atoms with van der Waals surface area (Å²) < 4.78 is 7.73. The van der Waals surface area contributed by atoms with Gasteiger partial charge in [0.25, 0.3) is 0 Å². The van der Waals surface area contributed by atoms with Gasteiger partial charge in [0.15, 0.2) is 0 Å². The molecule has 0 aliphatic carbocycles. The third kappa shape index (κ3) is 2.28. The molecule has 2 heterocycles. The third-order valence-corrected chi connectivity index (χ3v) is 3.42. The van der Waals surface area contributed by atoms with Gasteiger partial charge in [-0.3, -0.25) is 4.68 Å². The van der Waals surface area contributed by atoms with Gasteiger partial charge >= 0.3 is 0 Å². The standard InChI is InChI=1S/C14H18N4O/c1-10-4-5-13-14(6-10)19-11(2)8-18(13)9-12-7-15-16-17(12)3/h4-7,11H,8-9H2,1-3H3. The molecule has 2 aromatic rings. The van der Waals surface area contributed by atoms with E-state index in [0.717, 1.165) is 30.2 Å². The van der Waals surface area contributed by atoms with Crippen molar-refractivity contribution in [1.82, 2.24) is 15.0 Å². The van der Waals surface area contributed by atoms with Gasteiger partial charge in [0.2, 0.25) is 0 Å². The van der Waals surface area contributed by atoms with Crippen LogP contribution in [0.5, 0.6) is 5.75 Å². The van der Waals surface area contributed by atoms with Gasteiger partial charge in [0, 0.05) is 7.05 Å². The molecule has 0 saturated heterocycles. The molecule has 1 unspecified atom stereocenters. The van der Waals surface area contributed by atoms with Gasteiger partial charge < -0.3 is 9.64 Å². The van der Waals surface area contributed by atoms with E-state index in [1.54, 1.807) is 0 Å². The fraction of sp³-hybridized carbons (Fsp3) is 0.429. The van der Waals surface area contributed by atoms with Crippen LogP contribution in [-0.2, 0) is 13.6 Å². The summed E-state index contributed by atoms with van der Waals surface area (Å²) in [7, 11) is 1.92. The summed E-state index contributed by atoms with van der Waals surface area (Å²) in [5, 5.41) is 7.91. The Morgan fingerprint density at radius 3 is 3.00 bits per heavy atom. The van der Waals surface area contributed by atoms with E-state index < -0.39 is 0 Å². The maximum atomic E-state index is 5.91. The molecule has 1 aromatic heterocycles. The first-order chi connectivity index (χ1) is 9.13. The smallest absolute Gasteiger partial charge is 0.143 e. The summed E-state index contributed by atoms with van der Waals surface area (Å²) in [6, 6.07) is 6.34. The Labute approximate surface area is 112 Å². The minimum absolute atomic E-state index is 0.190. The largest absolute Gasteiger partial charge is 0.487 e. The molecule has 19 heavy (non-hydrogen) atoms. The van der Waals surface area contributed by atoms with Crippen LogP contribution in [0, 0.1) is 6.92 Å². The molecule has 1 aliphatic rings. The summed E-state index contributed by atoms with van der Waals surface area (Å²) in [6.07, 6.45) is 2.00. The molecule has 5 nitrogen and oxygen atoms in total. The Hall–Kier alpha value is -2.04. The van der Waals surface area contributed by atoms with E-state index >= 15 is 0 Å². The molecule has 0 fully saturated rings. The molecule has 0 radical (unpaired) electrons. The highest BCUT2D eigenvalue weighted by atomic mass is 16.5. The van der Waals surface area contributed by atoms with Crippen LogP contribution in [0.2, 0.25) is 0 Å². The molecule has 0 N–H and O–H groups in total. The number of anilines is 1. The van der Waals surface area contributed by atoms with E-state index in [2.05, 4.69) is 47.3 Å². The second-order valence-electron chi connectivity index (χ2n) is 5.13. The lowest BCUT2D eigenvalue weighted by molar-refractivity contribution is 0.211. The second-order valence-corrected chi connectivity index (χ2v) is 5.13. The second kappa shape index (κ2) is 4.57. The fourth-order valence-electron chi connectivity index (χ4n) is 2.44. The average molecular weight is 258 g/mol. The predicted molar refractivity (Wildman–Crippen MR) is 73.3 cm³/mol. The monoisotopic (exact) mass is 258 g/mol. The molecular weight excluding hydrogens is 240 g/mol. The zero-order valence-electron chi connectivity index (χ0n) is 11.5. The molecule has 1 aromatic carbocycles. The van der Waals surface area contributed by atoms with Crippen LogP contribution in [0.3, 0.4) is 0 Å². The number of rotatable bonds is 2. The Morgan fingerprint density at radius 1 is 1.42 bits per heavy atom. The molecule has 1 atom stereocenters. The van der Waals surface area contributed by atoms with Crippen LogP contribution in [0.15, 0.2) is 24.4 Å². The lowest BCUT2D eigenvalue weighted by atomic mass is 10.1. The van der Waals surface area contributed by atoms with Gasteiger partial charge in [-0.15, -0.1) is 5.10 Å². The normalized spacial score (nSPS) is 18.1. The number of benzene rings is 1. The molecule has 5 heteroatoms. The van der Waals surface area contributed by atoms with Crippen molar-refractivity contribution in [3.8, 4) is 5.75 Å². The highest BCUT2D eigenvalue weighted by molar-refractivity contribution is 5.61. The van der Waals surface area contributed by atoms with Gasteiger partial charge in [-0.1, -0.05) is 11.3 Å². The van der Waals surface area contributed by atoms with Crippen molar-refractivity contribution in [2.24, 2.45) is 7.05 Å². The van der Waals surface area contributed by atoms with Crippen molar-refractivity contribution in [1.29, 1.82) is 0 Å². The fourth-order valence-corrected chi connectivity index (χ4v) is 2.44. The van der Waals surface area contributed by atoms with E-state index in [-0.39, 0.29) is 6.10 Å². The summed E-state index contributed by atoms with van der Waals surface area (Å²) in [6.45, 7) is 5.85. The molecule has 0 bridgehead atoms. The number of ether oxygens (including phenoxy) is 1. The number of nitrogens with zero attached hydrogens (tertiary/aromatic N) is 4. The topological polar surface area (TPSA) is 43.2 Å². The highest BCUT2D eigenvalue weighted by Crippen LogP contribution is 2.34. The van der Waals surface area contributed by atoms with Gasteiger partial charge in [-0.25, -0.2) is 0 Å². The summed E-state index contributed by atoms with van der Waals surface area (Å²) in [5.41, 5.74) is 3.46. The lowest BCUT2D eigenvalue weighted by Crippen LogP contribution is -2.38. The maximum Gasteiger partial charge on any atom is 0.143 e. The first-order valence-corrected chi connectivity index (χ1v) is 6.49. The Kier molecular flexibility index (Phi) is 2.89. The quantitative estimate of drug-likeness (QED) is 0.825. The summed E-state index contributed by atoms with van der Waals surface area (Å²) in [5.74, 6) is 0.967. The first kappa shape index (κ1) is 12.0. The van der Waals surface area contributed by atoms with E-state index in [1.165, 1.54) is 5.56 Å². The van der Waals surface area contributed by atoms with E-state index in [0.29, 0.717) is 0 Å². The van der Waals surface area contributed by atoms with E-state index in [9.17, 15) is 0 Å². The molecular formula is C14H18N4O. The third-order valence-electron chi connectivity index (χ3n) is 3.42. The predicted octanol–water partition coefficient (Wildman–Crippen LogP) is 1.91. The number of fused-ring (bicyclic) bond motifs is 1. The molecule has 0 amide bonds. The van der Waals surface area contributed by atoms with E-state index in [4.69, 9.17) is 4.74 Å². The van der Waals surface area contributed by atoms with Crippen LogP contribution in [0.1, 0.15) is 18.2 Å². The van der Waals surface area contributed by atoms with Crippen molar-refractivity contribution >= 4 is 5.69 Å². The van der Waals surface area contributed by atoms with Crippen molar-refractivity contribution in [3.05, 3.63) is 35.7 Å². The Morgan fingerprint density at radius 2 is 2.26 bits per heavy atom. The van der Waals surface area contributed by atoms with Gasteiger partial charge in [-0.2, -0.15) is 0 Å². The average Bonchev–Trinajstić information content (AvgIpc) is 2.74. The Bertz CT molecular complexity index is 593. The van der Waals surface area contributed by atoms with Gasteiger partial charge in [-0.05, 0) is 31.5 Å². The van der Waals surface area contributed by atoms with Crippen LogP contribution in [-0.4, -0.2) is 27.6 Å². The molecule has 3 rings (SSSR count). The summed E-state index contributed by atoms with van der Waals surface area (Å²) in [4.78, 5) is 2.32. The minimum atomic E-state index is 0.190. The van der Waals surface area contributed by atoms with Crippen LogP contribution < -0.4 is 9.64 Å². The molecule has 0 spiro atoms. The van der Waals surface area contributed by atoms with Gasteiger partial charge in [0.05, 0.1) is 30.7 Å². The van der Waals surface area contributed by atoms with Crippen LogP contribution in [0.25, 0.3) is 0 Å². The van der Waals surface area contributed by atoms with Crippen LogP contribution in [0.4, 0.5) is 5.69 Å². The lowest BCUT2D eigenvalue weighted by Gasteiger charge is -2.35. The van der Waals surface area contributed by atoms with Crippen molar-refractivity contribution in [3.63, 3.8) is 0 Å². The Balaban J connectivity index is 1.93. The number of aryl methyl sites for hydroxylation is 2. The first-order valence-electron chi connectivity index (χ1n) is 6.49. The van der Waals surface area contributed by atoms with Gasteiger partial charge in [0.1, 0.15) is 11.9 Å². The summed E-state index contributed by atoms with van der Waals surface area (Å²) >= 11 is 0. The number of aromatic nitrogens is 3. The molecule has 100 valence electrons. The highest BCUT2D eigenvalue weighted by Gasteiger charge is 2.23. The molecule has 1 aliphatic heterocycles. The van der Waals surface area contributed by atoms with Crippen LogP contribution >= 0.6 is 0 Å².